The van der Waals surface area contributed by atoms with Gasteiger partial charge in [0.15, 0.2) is 0 Å². The van der Waals surface area contributed by atoms with E-state index in [1.54, 1.807) is 0 Å². The fourth-order valence-electron chi connectivity index (χ4n) is 2.47. The Labute approximate surface area is 104 Å². The predicted octanol–water partition coefficient (Wildman–Crippen LogP) is 1.65. The van der Waals surface area contributed by atoms with E-state index in [0.29, 0.717) is 11.8 Å². The van der Waals surface area contributed by atoms with Crippen molar-refractivity contribution in [2.75, 3.05) is 13.1 Å². The Morgan fingerprint density at radius 3 is 2.44 bits per heavy atom. The molecular formula is C12H23ClN2O. The SMILES string of the molecule is CC1CN(C(=O)C2CC2(C)C)CCC1N.Cl. The van der Waals surface area contributed by atoms with Crippen LogP contribution in [0, 0.1) is 17.3 Å². The Kier molecular flexibility index (Phi) is 3.91. The molecule has 0 spiro atoms. The van der Waals surface area contributed by atoms with Crippen molar-refractivity contribution in [2.45, 2.75) is 39.7 Å². The van der Waals surface area contributed by atoms with Gasteiger partial charge in [-0.1, -0.05) is 20.8 Å². The van der Waals surface area contributed by atoms with E-state index in [0.717, 1.165) is 25.9 Å². The van der Waals surface area contributed by atoms with Crippen LogP contribution in [0.4, 0.5) is 0 Å². The van der Waals surface area contributed by atoms with E-state index < -0.39 is 0 Å². The molecule has 1 amide bonds. The molecule has 1 heterocycles. The first-order valence-electron chi connectivity index (χ1n) is 5.96. The van der Waals surface area contributed by atoms with Crippen LogP contribution in [0.5, 0.6) is 0 Å². The highest BCUT2D eigenvalue weighted by Gasteiger charge is 2.52. The molecule has 2 N–H and O–H groups in total. The number of piperidine rings is 1. The Hall–Kier alpha value is -0.280. The Morgan fingerprint density at radius 2 is 2.00 bits per heavy atom. The lowest BCUT2D eigenvalue weighted by molar-refractivity contribution is -0.135. The molecule has 4 heteroatoms. The molecule has 2 rings (SSSR count). The molecule has 0 bridgehead atoms. The summed E-state index contributed by atoms with van der Waals surface area (Å²) in [6.07, 6.45) is 2.02. The van der Waals surface area contributed by atoms with Crippen molar-refractivity contribution in [3.63, 3.8) is 0 Å². The van der Waals surface area contributed by atoms with Crippen LogP contribution in [0.2, 0.25) is 0 Å². The number of carbonyl (C=O) groups is 1. The number of hydrogen-bond acceptors (Lipinski definition) is 2. The smallest absolute Gasteiger partial charge is 0.226 e. The van der Waals surface area contributed by atoms with Gasteiger partial charge in [-0.05, 0) is 24.2 Å². The highest BCUT2D eigenvalue weighted by molar-refractivity contribution is 5.85. The number of rotatable bonds is 1. The molecular weight excluding hydrogens is 224 g/mol. The maximum absolute atomic E-state index is 12.1. The van der Waals surface area contributed by atoms with Gasteiger partial charge in [0.05, 0.1) is 0 Å². The highest BCUT2D eigenvalue weighted by Crippen LogP contribution is 2.52. The lowest BCUT2D eigenvalue weighted by Gasteiger charge is -2.35. The van der Waals surface area contributed by atoms with Crippen molar-refractivity contribution >= 4 is 18.3 Å². The molecule has 0 aromatic carbocycles. The van der Waals surface area contributed by atoms with Crippen LogP contribution in [-0.2, 0) is 4.79 Å². The molecule has 2 fully saturated rings. The highest BCUT2D eigenvalue weighted by atomic mass is 35.5. The molecule has 3 atom stereocenters. The largest absolute Gasteiger partial charge is 0.342 e. The van der Waals surface area contributed by atoms with Gasteiger partial charge in [0.1, 0.15) is 0 Å². The summed E-state index contributed by atoms with van der Waals surface area (Å²) < 4.78 is 0. The van der Waals surface area contributed by atoms with Gasteiger partial charge >= 0.3 is 0 Å². The number of amides is 1. The van der Waals surface area contributed by atoms with Gasteiger partial charge in [-0.3, -0.25) is 4.79 Å². The van der Waals surface area contributed by atoms with Gasteiger partial charge in [0.25, 0.3) is 0 Å². The van der Waals surface area contributed by atoms with E-state index >= 15 is 0 Å². The predicted molar refractivity (Wildman–Crippen MR) is 67.5 cm³/mol. The summed E-state index contributed by atoms with van der Waals surface area (Å²) in [5, 5.41) is 0. The van der Waals surface area contributed by atoms with Gasteiger partial charge in [0, 0.05) is 25.0 Å². The summed E-state index contributed by atoms with van der Waals surface area (Å²) in [5.41, 5.74) is 6.20. The van der Waals surface area contributed by atoms with Crippen LogP contribution in [0.3, 0.4) is 0 Å². The van der Waals surface area contributed by atoms with E-state index in [4.69, 9.17) is 5.73 Å². The fraction of sp³-hybridized carbons (Fsp3) is 0.917. The standard InChI is InChI=1S/C12H22N2O.ClH/c1-8-7-14(5-4-10(8)13)11(15)9-6-12(9,2)3;/h8-10H,4-7,13H2,1-3H3;1H. The molecule has 1 saturated carbocycles. The fourth-order valence-corrected chi connectivity index (χ4v) is 2.47. The zero-order chi connectivity index (χ0) is 11.2. The quantitative estimate of drug-likeness (QED) is 0.765. The number of hydrogen-bond donors (Lipinski definition) is 1. The maximum atomic E-state index is 12.1. The third-order valence-corrected chi connectivity index (χ3v) is 4.09. The molecule has 3 nitrogen and oxygen atoms in total. The second-order valence-electron chi connectivity index (χ2n) is 5.96. The normalized spacial score (nSPS) is 36.5. The van der Waals surface area contributed by atoms with Crippen molar-refractivity contribution in [2.24, 2.45) is 23.0 Å². The Bertz CT molecular complexity index is 280. The topological polar surface area (TPSA) is 46.3 Å². The zero-order valence-corrected chi connectivity index (χ0v) is 11.2. The summed E-state index contributed by atoms with van der Waals surface area (Å²) in [7, 11) is 0. The van der Waals surface area contributed by atoms with E-state index in [1.165, 1.54) is 0 Å². The molecule has 0 aromatic heterocycles. The summed E-state index contributed by atoms with van der Waals surface area (Å²) in [5.74, 6) is 1.09. The zero-order valence-electron chi connectivity index (χ0n) is 10.4. The number of carbonyl (C=O) groups excluding carboxylic acids is 1. The second kappa shape index (κ2) is 4.53. The third kappa shape index (κ3) is 2.51. The lowest BCUT2D eigenvalue weighted by Crippen LogP contribution is -2.48. The van der Waals surface area contributed by atoms with Crippen molar-refractivity contribution in [3.8, 4) is 0 Å². The molecule has 2 aliphatic rings. The molecule has 1 saturated heterocycles. The molecule has 1 aliphatic heterocycles. The van der Waals surface area contributed by atoms with Crippen molar-refractivity contribution in [1.29, 1.82) is 0 Å². The summed E-state index contributed by atoms with van der Waals surface area (Å²) >= 11 is 0. The van der Waals surface area contributed by atoms with Crippen molar-refractivity contribution in [1.82, 2.24) is 4.90 Å². The minimum absolute atomic E-state index is 0. The van der Waals surface area contributed by atoms with Gasteiger partial charge in [0.2, 0.25) is 5.91 Å². The van der Waals surface area contributed by atoms with Crippen LogP contribution in [0.25, 0.3) is 0 Å². The first-order valence-corrected chi connectivity index (χ1v) is 5.96. The van der Waals surface area contributed by atoms with Crippen LogP contribution < -0.4 is 5.73 Å². The van der Waals surface area contributed by atoms with E-state index in [9.17, 15) is 4.79 Å². The van der Waals surface area contributed by atoms with E-state index in [-0.39, 0.29) is 29.8 Å². The van der Waals surface area contributed by atoms with Gasteiger partial charge in [-0.15, -0.1) is 12.4 Å². The average molecular weight is 247 g/mol. The Balaban J connectivity index is 0.00000128. The molecule has 94 valence electrons. The maximum Gasteiger partial charge on any atom is 0.226 e. The second-order valence-corrected chi connectivity index (χ2v) is 5.96. The molecule has 1 aliphatic carbocycles. The summed E-state index contributed by atoms with van der Waals surface area (Å²) in [4.78, 5) is 14.1. The lowest BCUT2D eigenvalue weighted by atomic mass is 9.94. The molecule has 0 radical (unpaired) electrons. The number of likely N-dealkylation sites (tertiary alicyclic amines) is 1. The van der Waals surface area contributed by atoms with E-state index in [1.807, 2.05) is 4.90 Å². The number of nitrogens with two attached hydrogens (primary N) is 1. The van der Waals surface area contributed by atoms with Gasteiger partial charge in [-0.2, -0.15) is 0 Å². The summed E-state index contributed by atoms with van der Waals surface area (Å²) in [6, 6.07) is 0.279. The third-order valence-electron chi connectivity index (χ3n) is 4.09. The number of halogens is 1. The first kappa shape index (κ1) is 13.8. The minimum atomic E-state index is 0. The van der Waals surface area contributed by atoms with Crippen molar-refractivity contribution < 1.29 is 4.79 Å². The molecule has 16 heavy (non-hydrogen) atoms. The van der Waals surface area contributed by atoms with Crippen molar-refractivity contribution in [3.05, 3.63) is 0 Å². The Morgan fingerprint density at radius 1 is 1.44 bits per heavy atom. The van der Waals surface area contributed by atoms with Crippen LogP contribution >= 0.6 is 12.4 Å². The monoisotopic (exact) mass is 246 g/mol. The summed E-state index contributed by atoms with van der Waals surface area (Å²) in [6.45, 7) is 8.20. The minimum Gasteiger partial charge on any atom is -0.342 e. The molecule has 3 unspecified atom stereocenters. The average Bonchev–Trinajstić information content (AvgIpc) is 2.79. The van der Waals surface area contributed by atoms with Crippen LogP contribution in [0.1, 0.15) is 33.6 Å². The van der Waals surface area contributed by atoms with Crippen LogP contribution in [-0.4, -0.2) is 29.9 Å². The number of nitrogens with zero attached hydrogens (tertiary/aromatic N) is 1. The first-order chi connectivity index (χ1) is 6.92. The van der Waals surface area contributed by atoms with Gasteiger partial charge in [-0.25, -0.2) is 0 Å². The van der Waals surface area contributed by atoms with E-state index in [2.05, 4.69) is 20.8 Å². The van der Waals surface area contributed by atoms with Gasteiger partial charge < -0.3 is 10.6 Å². The van der Waals surface area contributed by atoms with Crippen LogP contribution in [0.15, 0.2) is 0 Å². The molecule has 0 aromatic rings.